The van der Waals surface area contributed by atoms with Crippen molar-refractivity contribution in [2.24, 2.45) is 0 Å². The van der Waals surface area contributed by atoms with Crippen LogP contribution in [0.3, 0.4) is 0 Å². The van der Waals surface area contributed by atoms with Crippen molar-refractivity contribution in [1.29, 1.82) is 0 Å². The standard InChI is InChI=1S/C16H12N2O4S/c1-9-3-5-10(6-4-9)23-14-8-12-11(7-13(14)18(21)22)15(19)17(2)16(12)20/h3-8H,1-2H3. The molecule has 1 aliphatic heterocycles. The average Bonchev–Trinajstić information content (AvgIpc) is 2.73. The molecule has 0 unspecified atom stereocenters. The highest BCUT2D eigenvalue weighted by Crippen LogP contribution is 2.38. The molecule has 0 atom stereocenters. The zero-order chi connectivity index (χ0) is 16.7. The molecule has 7 heteroatoms. The molecule has 0 saturated carbocycles. The first-order valence-corrected chi connectivity index (χ1v) is 7.59. The summed E-state index contributed by atoms with van der Waals surface area (Å²) in [5, 5.41) is 11.3. The Bertz CT molecular complexity index is 846. The van der Waals surface area contributed by atoms with Crippen molar-refractivity contribution in [2.45, 2.75) is 16.7 Å². The van der Waals surface area contributed by atoms with Gasteiger partial charge < -0.3 is 0 Å². The van der Waals surface area contributed by atoms with Gasteiger partial charge >= 0.3 is 0 Å². The number of rotatable bonds is 3. The first-order chi connectivity index (χ1) is 10.9. The molecule has 23 heavy (non-hydrogen) atoms. The molecule has 0 spiro atoms. The van der Waals surface area contributed by atoms with Crippen molar-refractivity contribution in [3.63, 3.8) is 0 Å². The average molecular weight is 328 g/mol. The number of nitro benzene ring substituents is 1. The summed E-state index contributed by atoms with van der Waals surface area (Å²) < 4.78 is 0. The summed E-state index contributed by atoms with van der Waals surface area (Å²) in [5.41, 5.74) is 1.20. The predicted octanol–water partition coefficient (Wildman–Crippen LogP) is 3.28. The first-order valence-electron chi connectivity index (χ1n) is 6.78. The Kier molecular flexibility index (Phi) is 3.65. The number of hydrogen-bond acceptors (Lipinski definition) is 5. The van der Waals surface area contributed by atoms with Crippen LogP contribution < -0.4 is 0 Å². The number of nitro groups is 1. The number of nitrogens with zero attached hydrogens (tertiary/aromatic N) is 2. The van der Waals surface area contributed by atoms with Gasteiger partial charge in [0.1, 0.15) is 0 Å². The lowest BCUT2D eigenvalue weighted by Crippen LogP contribution is -2.24. The highest BCUT2D eigenvalue weighted by molar-refractivity contribution is 7.99. The summed E-state index contributed by atoms with van der Waals surface area (Å²) in [6.45, 7) is 1.95. The van der Waals surface area contributed by atoms with Crippen LogP contribution in [0.5, 0.6) is 0 Å². The third kappa shape index (κ3) is 2.59. The van der Waals surface area contributed by atoms with Gasteiger partial charge in [-0.1, -0.05) is 29.5 Å². The minimum absolute atomic E-state index is 0.0810. The number of hydrogen-bond donors (Lipinski definition) is 0. The van der Waals surface area contributed by atoms with Crippen LogP contribution in [0.4, 0.5) is 5.69 Å². The van der Waals surface area contributed by atoms with Gasteiger partial charge in [-0.2, -0.15) is 0 Å². The monoisotopic (exact) mass is 328 g/mol. The maximum absolute atomic E-state index is 12.1. The van der Waals surface area contributed by atoms with Crippen molar-refractivity contribution in [2.75, 3.05) is 7.05 Å². The molecule has 1 heterocycles. The topological polar surface area (TPSA) is 80.5 Å². The molecule has 3 rings (SSSR count). The summed E-state index contributed by atoms with van der Waals surface area (Å²) in [7, 11) is 1.36. The van der Waals surface area contributed by atoms with Crippen molar-refractivity contribution in [3.8, 4) is 0 Å². The molecule has 0 bridgehead atoms. The van der Waals surface area contributed by atoms with Crippen molar-refractivity contribution < 1.29 is 14.5 Å². The normalized spacial score (nSPS) is 13.4. The first kappa shape index (κ1) is 15.2. The van der Waals surface area contributed by atoms with Crippen LogP contribution in [0.1, 0.15) is 26.3 Å². The van der Waals surface area contributed by atoms with Gasteiger partial charge in [0.2, 0.25) is 0 Å². The highest BCUT2D eigenvalue weighted by atomic mass is 32.2. The molecule has 0 saturated heterocycles. The molecule has 6 nitrogen and oxygen atoms in total. The van der Waals surface area contributed by atoms with E-state index in [0.29, 0.717) is 4.90 Å². The lowest BCUT2D eigenvalue weighted by molar-refractivity contribution is -0.387. The highest BCUT2D eigenvalue weighted by Gasteiger charge is 2.36. The zero-order valence-electron chi connectivity index (χ0n) is 12.4. The zero-order valence-corrected chi connectivity index (χ0v) is 13.2. The van der Waals surface area contributed by atoms with Crippen LogP contribution in [0.25, 0.3) is 0 Å². The largest absolute Gasteiger partial charge is 0.284 e. The van der Waals surface area contributed by atoms with Gasteiger partial charge in [-0.25, -0.2) is 0 Å². The second kappa shape index (κ2) is 5.51. The van der Waals surface area contributed by atoms with E-state index in [1.54, 1.807) is 0 Å². The van der Waals surface area contributed by atoms with Crippen LogP contribution >= 0.6 is 11.8 Å². The van der Waals surface area contributed by atoms with Crippen LogP contribution in [0.15, 0.2) is 46.2 Å². The lowest BCUT2D eigenvalue weighted by atomic mass is 10.1. The van der Waals surface area contributed by atoms with E-state index in [2.05, 4.69) is 0 Å². The van der Waals surface area contributed by atoms with Crippen molar-refractivity contribution in [3.05, 3.63) is 63.2 Å². The molecule has 2 amide bonds. The van der Waals surface area contributed by atoms with Crippen LogP contribution in [-0.4, -0.2) is 28.7 Å². The quantitative estimate of drug-likeness (QED) is 0.491. The molecule has 1 aliphatic rings. The van der Waals surface area contributed by atoms with Crippen LogP contribution in [0.2, 0.25) is 0 Å². The van der Waals surface area contributed by atoms with Crippen LogP contribution in [0, 0.1) is 17.0 Å². The van der Waals surface area contributed by atoms with Crippen molar-refractivity contribution in [1.82, 2.24) is 4.90 Å². The summed E-state index contributed by atoms with van der Waals surface area (Å²) in [4.78, 5) is 36.9. The third-order valence-electron chi connectivity index (χ3n) is 3.61. The third-order valence-corrected chi connectivity index (χ3v) is 4.67. The van der Waals surface area contributed by atoms with E-state index in [-0.39, 0.29) is 16.8 Å². The molecule has 0 fully saturated rings. The van der Waals surface area contributed by atoms with Gasteiger partial charge in [0.05, 0.1) is 20.9 Å². The molecule has 2 aromatic carbocycles. The summed E-state index contributed by atoms with van der Waals surface area (Å²) in [5.74, 6) is -0.953. The molecule has 0 aliphatic carbocycles. The maximum atomic E-state index is 12.1. The number of benzene rings is 2. The molecular weight excluding hydrogens is 316 g/mol. The Balaban J connectivity index is 2.10. The minimum Gasteiger partial charge on any atom is -0.277 e. The van der Waals surface area contributed by atoms with E-state index >= 15 is 0 Å². The fourth-order valence-corrected chi connectivity index (χ4v) is 3.27. The summed E-state index contributed by atoms with van der Waals surface area (Å²) >= 11 is 1.20. The smallest absolute Gasteiger partial charge is 0.277 e. The Morgan fingerprint density at radius 2 is 1.61 bits per heavy atom. The molecule has 0 aromatic heterocycles. The maximum Gasteiger partial charge on any atom is 0.284 e. The molecular formula is C16H12N2O4S. The molecule has 0 radical (unpaired) electrons. The Hall–Kier alpha value is -2.67. The van der Waals surface area contributed by atoms with Gasteiger partial charge in [0, 0.05) is 18.0 Å². The number of carbonyl (C=O) groups excluding carboxylic acids is 2. The molecule has 116 valence electrons. The van der Waals surface area contributed by atoms with Gasteiger partial charge in [0.15, 0.2) is 0 Å². The van der Waals surface area contributed by atoms with E-state index in [1.165, 1.54) is 30.9 Å². The fourth-order valence-electron chi connectivity index (χ4n) is 2.33. The number of carbonyl (C=O) groups is 2. The Morgan fingerprint density at radius 3 is 2.17 bits per heavy atom. The van der Waals surface area contributed by atoms with E-state index in [9.17, 15) is 19.7 Å². The number of aryl methyl sites for hydroxylation is 1. The summed E-state index contributed by atoms with van der Waals surface area (Å²) in [6.07, 6.45) is 0. The van der Waals surface area contributed by atoms with E-state index in [0.717, 1.165) is 15.4 Å². The van der Waals surface area contributed by atoms with E-state index < -0.39 is 16.7 Å². The van der Waals surface area contributed by atoms with Gasteiger partial charge in [-0.15, -0.1) is 0 Å². The second-order valence-corrected chi connectivity index (χ2v) is 6.32. The second-order valence-electron chi connectivity index (χ2n) is 5.21. The van der Waals surface area contributed by atoms with Crippen molar-refractivity contribution >= 4 is 29.3 Å². The SMILES string of the molecule is Cc1ccc(Sc2cc3c(cc2[N+](=O)[O-])C(=O)N(C)C3=O)cc1. The molecule has 0 N–H and O–H groups in total. The van der Waals surface area contributed by atoms with E-state index in [1.807, 2.05) is 31.2 Å². The fraction of sp³-hybridized carbons (Fsp3) is 0.125. The summed E-state index contributed by atoms with van der Waals surface area (Å²) in [6, 6.07) is 10.2. The van der Waals surface area contributed by atoms with Crippen LogP contribution in [-0.2, 0) is 0 Å². The van der Waals surface area contributed by atoms with Gasteiger partial charge in [-0.3, -0.25) is 24.6 Å². The number of amides is 2. The Morgan fingerprint density at radius 1 is 1.04 bits per heavy atom. The molecule has 2 aromatic rings. The Labute approximate surface area is 136 Å². The minimum atomic E-state index is -0.535. The number of imide groups is 1. The number of fused-ring (bicyclic) bond motifs is 1. The predicted molar refractivity (Wildman–Crippen MR) is 84.8 cm³/mol. The lowest BCUT2D eigenvalue weighted by Gasteiger charge is -2.05. The van der Waals surface area contributed by atoms with Gasteiger partial charge in [-0.05, 0) is 25.1 Å². The van der Waals surface area contributed by atoms with E-state index in [4.69, 9.17) is 0 Å². The van der Waals surface area contributed by atoms with Gasteiger partial charge in [0.25, 0.3) is 17.5 Å².